The molecule has 51 heavy (non-hydrogen) atoms. The lowest BCUT2D eigenvalue weighted by atomic mass is 9.64. The first kappa shape index (κ1) is 34.3. The maximum absolute atomic E-state index is 2.55. The molecule has 3 unspecified atom stereocenters. The van der Waals surface area contributed by atoms with Gasteiger partial charge in [-0.15, -0.1) is 0 Å². The van der Waals surface area contributed by atoms with E-state index in [0.29, 0.717) is 17.8 Å². The fourth-order valence-corrected chi connectivity index (χ4v) is 14.1. The van der Waals surface area contributed by atoms with Gasteiger partial charge in [0, 0.05) is 5.92 Å². The van der Waals surface area contributed by atoms with Crippen molar-refractivity contribution in [3.8, 4) is 0 Å². The smallest absolute Gasteiger partial charge is 0.0177 e. The van der Waals surface area contributed by atoms with Gasteiger partial charge in [0.1, 0.15) is 0 Å². The largest absolute Gasteiger partial charge is 0.0654 e. The number of unbranched alkanes of at least 4 members (excludes halogenated alkanes) is 5. The number of hydrogen-bond donors (Lipinski definition) is 0. The summed E-state index contributed by atoms with van der Waals surface area (Å²) in [6.45, 7) is 2.32. The Labute approximate surface area is 308 Å². The van der Waals surface area contributed by atoms with Gasteiger partial charge < -0.3 is 0 Å². The fourth-order valence-electron chi connectivity index (χ4n) is 9.01. The Hall–Kier alpha value is -3.82. The van der Waals surface area contributed by atoms with Crippen molar-refractivity contribution in [3.63, 3.8) is 0 Å². The zero-order valence-corrected chi connectivity index (χ0v) is 31.8. The van der Waals surface area contributed by atoms with Crippen LogP contribution >= 0.6 is 15.8 Å². The van der Waals surface area contributed by atoms with Gasteiger partial charge >= 0.3 is 0 Å². The van der Waals surface area contributed by atoms with Crippen LogP contribution in [0, 0.1) is 0 Å². The lowest BCUT2D eigenvalue weighted by molar-refractivity contribution is 0.460. The lowest BCUT2D eigenvalue weighted by Crippen LogP contribution is -2.37. The molecule has 0 nitrogen and oxygen atoms in total. The first-order chi connectivity index (χ1) is 25.3. The van der Waals surface area contributed by atoms with Gasteiger partial charge in [0.2, 0.25) is 0 Å². The Bertz CT molecular complexity index is 1930. The van der Waals surface area contributed by atoms with Gasteiger partial charge in [-0.05, 0) is 101 Å². The molecule has 0 bridgehead atoms. The van der Waals surface area contributed by atoms with E-state index in [1.807, 2.05) is 0 Å². The van der Waals surface area contributed by atoms with E-state index in [1.165, 1.54) is 79.0 Å². The van der Waals surface area contributed by atoms with E-state index in [4.69, 9.17) is 0 Å². The molecule has 0 fully saturated rings. The van der Waals surface area contributed by atoms with Crippen LogP contribution in [0.4, 0.5) is 0 Å². The Balaban J connectivity index is 1.30. The molecule has 0 aromatic heterocycles. The fraction of sp³-hybridized carbons (Fsp3) is 0.265. The van der Waals surface area contributed by atoms with Crippen LogP contribution in [-0.4, -0.2) is 0 Å². The number of fused-ring (bicyclic) bond motifs is 6. The third kappa shape index (κ3) is 7.04. The summed E-state index contributed by atoms with van der Waals surface area (Å²) in [5.74, 6) is 1.61. The van der Waals surface area contributed by atoms with Crippen molar-refractivity contribution >= 4 is 47.7 Å². The normalized spacial score (nSPS) is 17.7. The van der Waals surface area contributed by atoms with Gasteiger partial charge in [0.25, 0.3) is 0 Å². The molecule has 6 aromatic rings. The van der Waals surface area contributed by atoms with Crippen LogP contribution < -0.4 is 31.8 Å². The highest BCUT2D eigenvalue weighted by Gasteiger charge is 2.46. The quantitative estimate of drug-likeness (QED) is 0.0831. The van der Waals surface area contributed by atoms with Crippen LogP contribution in [0.25, 0.3) is 0 Å². The zero-order chi connectivity index (χ0) is 34.4. The molecule has 8 rings (SSSR count). The molecule has 0 radical (unpaired) electrons. The Kier molecular flexibility index (Phi) is 10.9. The summed E-state index contributed by atoms with van der Waals surface area (Å²) < 4.78 is 0. The highest BCUT2D eigenvalue weighted by Crippen LogP contribution is 2.59. The minimum atomic E-state index is -0.723. The third-order valence-electron chi connectivity index (χ3n) is 11.4. The van der Waals surface area contributed by atoms with Crippen LogP contribution in [0.3, 0.4) is 0 Å². The van der Waals surface area contributed by atoms with Crippen molar-refractivity contribution in [1.29, 1.82) is 0 Å². The Morgan fingerprint density at radius 2 is 0.863 bits per heavy atom. The minimum Gasteiger partial charge on any atom is -0.0654 e. The van der Waals surface area contributed by atoms with Crippen molar-refractivity contribution in [1.82, 2.24) is 0 Å². The molecule has 0 spiro atoms. The van der Waals surface area contributed by atoms with Crippen molar-refractivity contribution < 1.29 is 0 Å². The summed E-state index contributed by atoms with van der Waals surface area (Å²) in [4.78, 5) is 0. The summed E-state index contributed by atoms with van der Waals surface area (Å²) >= 11 is 0. The van der Waals surface area contributed by atoms with E-state index < -0.39 is 15.8 Å². The van der Waals surface area contributed by atoms with Crippen LogP contribution in [0.1, 0.15) is 105 Å². The average Bonchev–Trinajstić information content (AvgIpc) is 3.32. The van der Waals surface area contributed by atoms with Gasteiger partial charge in [0.15, 0.2) is 0 Å². The standard InChI is InChI=1S/C49H50P2/c1-2-3-4-5-6-11-22-37-35-36-44-43-32-21-34-46(51(40-27-16-9-17-28-40)41-29-18-10-19-30-41)48(43)49(44)47-42(37)31-20-33-45(47)50(38-23-12-7-13-24-38)39-25-14-8-15-26-39/h7-10,12-21,23-34,37,44,49H,2-6,11,22,35-36H2,1H3. The zero-order valence-electron chi connectivity index (χ0n) is 30.0. The first-order valence-electron chi connectivity index (χ1n) is 19.4. The third-order valence-corrected chi connectivity index (χ3v) is 16.4. The van der Waals surface area contributed by atoms with Crippen LogP contribution in [-0.2, 0) is 0 Å². The van der Waals surface area contributed by atoms with E-state index >= 15 is 0 Å². The van der Waals surface area contributed by atoms with Crippen molar-refractivity contribution in [2.45, 2.75) is 82.5 Å². The van der Waals surface area contributed by atoms with Gasteiger partial charge in [-0.25, -0.2) is 0 Å². The number of rotatable bonds is 13. The molecule has 0 N–H and O–H groups in total. The molecule has 0 heterocycles. The predicted octanol–water partition coefficient (Wildman–Crippen LogP) is 11.1. The molecule has 0 amide bonds. The molecule has 6 aromatic carbocycles. The molecular formula is C49H50P2. The number of hydrogen-bond acceptors (Lipinski definition) is 0. The number of benzene rings is 6. The maximum atomic E-state index is 2.55. The Morgan fingerprint density at radius 1 is 0.431 bits per heavy atom. The van der Waals surface area contributed by atoms with E-state index in [0.717, 1.165) is 0 Å². The lowest BCUT2D eigenvalue weighted by Gasteiger charge is -2.44. The van der Waals surface area contributed by atoms with E-state index in [2.05, 4.69) is 165 Å². The van der Waals surface area contributed by atoms with Crippen molar-refractivity contribution in [3.05, 3.63) is 180 Å². The molecule has 3 atom stereocenters. The van der Waals surface area contributed by atoms with Gasteiger partial charge in [-0.3, -0.25) is 0 Å². The predicted molar refractivity (Wildman–Crippen MR) is 225 cm³/mol. The van der Waals surface area contributed by atoms with E-state index in [-0.39, 0.29) is 0 Å². The van der Waals surface area contributed by atoms with Crippen LogP contribution in [0.2, 0.25) is 0 Å². The summed E-state index contributed by atoms with van der Waals surface area (Å²) in [7, 11) is -1.42. The van der Waals surface area contributed by atoms with Crippen LogP contribution in [0.15, 0.2) is 158 Å². The second kappa shape index (κ2) is 16.2. The highest BCUT2D eigenvalue weighted by atomic mass is 31.1. The van der Waals surface area contributed by atoms with Gasteiger partial charge in [0.05, 0.1) is 0 Å². The van der Waals surface area contributed by atoms with E-state index in [1.54, 1.807) is 32.9 Å². The van der Waals surface area contributed by atoms with Crippen molar-refractivity contribution in [2.24, 2.45) is 0 Å². The second-order valence-corrected chi connectivity index (χ2v) is 18.9. The average molecular weight is 701 g/mol. The monoisotopic (exact) mass is 700 g/mol. The molecule has 2 aliphatic carbocycles. The first-order valence-corrected chi connectivity index (χ1v) is 22.1. The summed E-state index contributed by atoms with van der Waals surface area (Å²) in [5, 5.41) is 8.91. The van der Waals surface area contributed by atoms with Gasteiger partial charge in [-0.2, -0.15) is 0 Å². The Morgan fingerprint density at radius 3 is 1.35 bits per heavy atom. The van der Waals surface area contributed by atoms with Crippen LogP contribution in [0.5, 0.6) is 0 Å². The topological polar surface area (TPSA) is 0 Å². The summed E-state index contributed by atoms with van der Waals surface area (Å²) in [6, 6.07) is 60.3. The molecule has 0 saturated heterocycles. The van der Waals surface area contributed by atoms with Crippen molar-refractivity contribution in [2.75, 3.05) is 0 Å². The second-order valence-electron chi connectivity index (χ2n) is 14.5. The maximum Gasteiger partial charge on any atom is 0.0177 e. The molecule has 2 aliphatic rings. The summed E-state index contributed by atoms with van der Waals surface area (Å²) in [5.41, 5.74) is 6.57. The summed E-state index contributed by atoms with van der Waals surface area (Å²) in [6.07, 6.45) is 12.0. The highest BCUT2D eigenvalue weighted by molar-refractivity contribution is 7.80. The molecule has 0 saturated carbocycles. The molecule has 256 valence electrons. The van der Waals surface area contributed by atoms with E-state index in [9.17, 15) is 0 Å². The molecular weight excluding hydrogens is 650 g/mol. The van der Waals surface area contributed by atoms with Gasteiger partial charge in [-0.1, -0.05) is 203 Å². The minimum absolute atomic E-state index is 0.423. The molecule has 0 aliphatic heterocycles. The SMILES string of the molecule is CCCCCCCCC1CCC2c3cccc(P(c4ccccc4)c4ccccc4)c3C2c2c1cccc2P(c1ccccc1)c1ccccc1. The molecule has 2 heteroatoms.